The van der Waals surface area contributed by atoms with E-state index in [-0.39, 0.29) is 48.1 Å². The van der Waals surface area contributed by atoms with Gasteiger partial charge in [-0.15, -0.1) is 35.2 Å². The predicted octanol–water partition coefficient (Wildman–Crippen LogP) is 16.6. The predicted molar refractivity (Wildman–Crippen MR) is 301 cm³/mol. The first-order valence-electron chi connectivity index (χ1n) is 25.7. The van der Waals surface area contributed by atoms with E-state index in [0.29, 0.717) is 11.5 Å². The molecule has 5 nitrogen and oxygen atoms in total. The zero-order chi connectivity index (χ0) is 51.7. The maximum atomic E-state index is 7.05. The van der Waals surface area contributed by atoms with Gasteiger partial charge in [0.2, 0.25) is 0 Å². The van der Waals surface area contributed by atoms with Crippen molar-refractivity contribution in [2.24, 2.45) is 0 Å². The molecule has 0 bridgehead atoms. The van der Waals surface area contributed by atoms with Gasteiger partial charge in [-0.25, -0.2) is 4.98 Å². The molecule has 10 rings (SSSR count). The van der Waals surface area contributed by atoms with Crippen LogP contribution in [0, 0.1) is 18.5 Å². The molecule has 0 radical (unpaired) electrons. The van der Waals surface area contributed by atoms with Crippen molar-refractivity contribution in [3.05, 3.63) is 234 Å². The number of benzene rings is 7. The third-order valence-electron chi connectivity index (χ3n) is 14.9. The largest absolute Gasteiger partial charge is 0.510 e. The Bertz CT molecular complexity index is 3640. The fraction of sp³-hybridized carbons (Fsp3) is 0.265. The van der Waals surface area contributed by atoms with E-state index in [2.05, 4.69) is 286 Å². The number of aromatic nitrogens is 4. The van der Waals surface area contributed by atoms with Crippen molar-refractivity contribution in [1.82, 2.24) is 14.1 Å². The maximum Gasteiger partial charge on any atom is 0.267 e. The zero-order valence-electron chi connectivity index (χ0n) is 45.3. The number of ether oxygens (including phenoxy) is 1. The van der Waals surface area contributed by atoms with Gasteiger partial charge in [0.05, 0.1) is 11.4 Å². The molecule has 0 aliphatic carbocycles. The number of nitrogens with zero attached hydrogens (tertiary/aromatic N) is 4. The molecule has 0 fully saturated rings. The molecule has 0 atom stereocenters. The molecule has 10 aromatic rings. The first-order valence-corrected chi connectivity index (χ1v) is 25.7. The van der Waals surface area contributed by atoms with Gasteiger partial charge in [-0.2, -0.15) is 12.1 Å². The van der Waals surface area contributed by atoms with Gasteiger partial charge in [0.25, 0.3) is 6.33 Å². The summed E-state index contributed by atoms with van der Waals surface area (Å²) >= 11 is 0. The van der Waals surface area contributed by atoms with Crippen LogP contribution < -0.4 is 9.30 Å². The van der Waals surface area contributed by atoms with E-state index in [1.807, 2.05) is 12.3 Å². The monoisotopic (exact) mass is 1150 g/mol. The summed E-state index contributed by atoms with van der Waals surface area (Å²) in [5, 5.41) is 2.21. The Labute approximate surface area is 454 Å². The molecule has 6 heteroatoms. The Morgan fingerprint density at radius 2 is 1.09 bits per heavy atom. The van der Waals surface area contributed by atoms with Gasteiger partial charge in [-0.3, -0.25) is 4.57 Å². The fourth-order valence-electron chi connectivity index (χ4n) is 10.0. The number of pyridine rings is 1. The van der Waals surface area contributed by atoms with Crippen LogP contribution >= 0.6 is 0 Å². The summed E-state index contributed by atoms with van der Waals surface area (Å²) < 4.78 is 13.6. The van der Waals surface area contributed by atoms with Crippen molar-refractivity contribution in [2.45, 2.75) is 117 Å². The van der Waals surface area contributed by atoms with Gasteiger partial charge in [-0.05, 0) is 102 Å². The molecule has 3 heterocycles. The Hall–Kier alpha value is -6.81. The third-order valence-corrected chi connectivity index (χ3v) is 14.9. The zero-order valence-corrected chi connectivity index (χ0v) is 47.5. The van der Waals surface area contributed by atoms with E-state index >= 15 is 0 Å². The van der Waals surface area contributed by atoms with E-state index in [0.717, 1.165) is 50.3 Å². The number of rotatable bonds is 10. The standard InChI is InChI=1S/C68H68N4O.Pt/c1-64(2,3)50-33-34-69-63(41-50)72-60-32-29-51(67(10,11)48-25-19-15-20-26-48)40-59(60)58-31-30-56(43-61(58)72)73-57-39-53(68(12,13)49-27-21-16-22-28-49)38-54(42-57)70-44-62(66(7,8)9)71(45-70)55-36-47(46-23-17-14-18-24-46)35-52(37-55)65(4,5)6;/h14-41,44H,1-13H3;/q-2;. The van der Waals surface area contributed by atoms with Gasteiger partial charge in [0.15, 0.2) is 0 Å². The smallest absolute Gasteiger partial charge is 0.267 e. The molecule has 0 aliphatic rings. The van der Waals surface area contributed by atoms with E-state index in [9.17, 15) is 0 Å². The van der Waals surface area contributed by atoms with Crippen LogP contribution in [0.2, 0.25) is 0 Å². The van der Waals surface area contributed by atoms with Crippen LogP contribution in [0.15, 0.2) is 176 Å². The number of hydrogen-bond acceptors (Lipinski definition) is 2. The topological polar surface area (TPSA) is 35.9 Å². The quantitative estimate of drug-likeness (QED) is 0.101. The molecule has 3 aromatic heterocycles. The first-order chi connectivity index (χ1) is 34.6. The van der Waals surface area contributed by atoms with Crippen LogP contribution in [0.1, 0.15) is 129 Å². The molecule has 0 saturated carbocycles. The van der Waals surface area contributed by atoms with E-state index in [1.165, 1.54) is 38.9 Å². The summed E-state index contributed by atoms with van der Waals surface area (Å²) in [4.78, 5) is 5.01. The second kappa shape index (κ2) is 19.5. The fourth-order valence-corrected chi connectivity index (χ4v) is 10.0. The summed E-state index contributed by atoms with van der Waals surface area (Å²) in [5.74, 6) is 2.01. The Morgan fingerprint density at radius 1 is 0.473 bits per heavy atom. The first kappa shape index (κ1) is 52.1. The van der Waals surface area contributed by atoms with Crippen LogP contribution in [0.3, 0.4) is 0 Å². The van der Waals surface area contributed by atoms with Crippen molar-refractivity contribution in [3.63, 3.8) is 0 Å². The van der Waals surface area contributed by atoms with Crippen molar-refractivity contribution in [2.75, 3.05) is 0 Å². The van der Waals surface area contributed by atoms with Gasteiger partial charge in [0, 0.05) is 55.9 Å². The molecule has 0 amide bonds. The van der Waals surface area contributed by atoms with Gasteiger partial charge < -0.3 is 13.9 Å². The minimum Gasteiger partial charge on any atom is -0.510 e. The number of hydrogen-bond donors (Lipinski definition) is 0. The maximum absolute atomic E-state index is 7.05. The summed E-state index contributed by atoms with van der Waals surface area (Å²) in [7, 11) is 0. The normalized spacial score (nSPS) is 12.6. The minimum atomic E-state index is -0.389. The second-order valence-electron chi connectivity index (χ2n) is 24.0. The van der Waals surface area contributed by atoms with Crippen molar-refractivity contribution >= 4 is 21.8 Å². The molecular formula is C68H68N4OPt-2. The van der Waals surface area contributed by atoms with Crippen molar-refractivity contribution < 1.29 is 30.4 Å². The Morgan fingerprint density at radius 3 is 1.72 bits per heavy atom. The van der Waals surface area contributed by atoms with Crippen LogP contribution in [-0.4, -0.2) is 14.1 Å². The molecule has 378 valence electrons. The summed E-state index contributed by atoms with van der Waals surface area (Å²) in [6.45, 7) is 29.5. The van der Waals surface area contributed by atoms with Crippen LogP contribution in [0.25, 0.3) is 50.1 Å². The van der Waals surface area contributed by atoms with Gasteiger partial charge >= 0.3 is 0 Å². The molecular weight excluding hydrogens is 1080 g/mol. The molecule has 0 spiro atoms. The Balaban J connectivity index is 0.00000672. The molecule has 74 heavy (non-hydrogen) atoms. The Kier molecular flexibility index (Phi) is 13.7. The number of imidazole rings is 1. The van der Waals surface area contributed by atoms with Gasteiger partial charge in [0.1, 0.15) is 5.82 Å². The molecule has 0 aliphatic heterocycles. The van der Waals surface area contributed by atoms with Gasteiger partial charge in [-0.1, -0.05) is 205 Å². The van der Waals surface area contributed by atoms with Crippen LogP contribution in [-0.2, 0) is 48.1 Å². The van der Waals surface area contributed by atoms with Crippen LogP contribution in [0.5, 0.6) is 11.5 Å². The number of fused-ring (bicyclic) bond motifs is 3. The summed E-state index contributed by atoms with van der Waals surface area (Å²) in [6.07, 6.45) is 7.96. The average Bonchev–Trinajstić information content (AvgIpc) is 3.97. The van der Waals surface area contributed by atoms with E-state index in [4.69, 9.17) is 9.72 Å². The van der Waals surface area contributed by atoms with E-state index in [1.54, 1.807) is 0 Å². The van der Waals surface area contributed by atoms with Crippen molar-refractivity contribution in [3.8, 4) is 39.8 Å². The summed E-state index contributed by atoms with van der Waals surface area (Å²) in [5.41, 5.74) is 13.6. The average molecular weight is 1150 g/mol. The molecule has 0 unspecified atom stereocenters. The summed E-state index contributed by atoms with van der Waals surface area (Å²) in [6, 6.07) is 66.4. The van der Waals surface area contributed by atoms with E-state index < -0.39 is 0 Å². The third kappa shape index (κ3) is 10.1. The second-order valence-corrected chi connectivity index (χ2v) is 24.0. The molecule has 0 N–H and O–H groups in total. The van der Waals surface area contributed by atoms with Crippen LogP contribution in [0.4, 0.5) is 0 Å². The molecule has 7 aromatic carbocycles. The van der Waals surface area contributed by atoms with Crippen molar-refractivity contribution in [1.29, 1.82) is 0 Å². The molecule has 0 saturated heterocycles. The SMILES string of the molecule is CC(C)(C)c1cc(-c2ccccc2)cc(-[n+]2[c-]n(-c3[c-]c(Oc4[c-]c5c(cc4)c4cc(C(C)(C)c6ccccc6)ccc4n5-c4cc(C(C)(C)C)ccn4)cc(C(C)(C)c4ccccc4)c3)cc2C(C)(C)C)c1.[Pt]. The minimum absolute atomic E-state index is 0.